The van der Waals surface area contributed by atoms with Gasteiger partial charge in [-0.15, -0.1) is 0 Å². The van der Waals surface area contributed by atoms with Gasteiger partial charge >= 0.3 is 0 Å². The molecule has 0 saturated heterocycles. The third kappa shape index (κ3) is 3.82. The molecule has 3 nitrogen and oxygen atoms in total. The van der Waals surface area contributed by atoms with Crippen molar-refractivity contribution in [1.82, 2.24) is 0 Å². The molecular formula is C17H21ClN2O. The number of rotatable bonds is 5. The Morgan fingerprint density at radius 3 is 2.48 bits per heavy atom. The summed E-state index contributed by atoms with van der Waals surface area (Å²) in [7, 11) is 5.71. The van der Waals surface area contributed by atoms with Crippen LogP contribution in [0.1, 0.15) is 11.1 Å². The molecule has 0 radical (unpaired) electrons. The Morgan fingerprint density at radius 2 is 1.90 bits per heavy atom. The summed E-state index contributed by atoms with van der Waals surface area (Å²) in [5.74, 6) is 0.701. The van der Waals surface area contributed by atoms with E-state index in [9.17, 15) is 0 Å². The molecule has 1 N–H and O–H groups in total. The van der Waals surface area contributed by atoms with E-state index in [0.29, 0.717) is 10.8 Å². The van der Waals surface area contributed by atoms with Crippen LogP contribution >= 0.6 is 11.6 Å². The second-order valence-corrected chi connectivity index (χ2v) is 5.62. The van der Waals surface area contributed by atoms with Crippen LogP contribution < -0.4 is 15.0 Å². The van der Waals surface area contributed by atoms with Gasteiger partial charge in [0.05, 0.1) is 12.1 Å². The lowest BCUT2D eigenvalue weighted by Crippen LogP contribution is -2.09. The number of hydrogen-bond acceptors (Lipinski definition) is 3. The maximum Gasteiger partial charge on any atom is 0.137 e. The van der Waals surface area contributed by atoms with E-state index in [1.165, 1.54) is 11.3 Å². The molecule has 0 aromatic heterocycles. The van der Waals surface area contributed by atoms with Crippen LogP contribution in [0.3, 0.4) is 0 Å². The van der Waals surface area contributed by atoms with Crippen LogP contribution in [0.2, 0.25) is 5.02 Å². The largest absolute Gasteiger partial charge is 0.495 e. The molecule has 2 aromatic carbocycles. The number of benzene rings is 2. The number of ether oxygens (including phenoxy) is 1. The van der Waals surface area contributed by atoms with Crippen molar-refractivity contribution in [3.05, 3.63) is 52.5 Å². The van der Waals surface area contributed by atoms with E-state index in [0.717, 1.165) is 17.8 Å². The minimum Gasteiger partial charge on any atom is -0.495 e. The molecule has 21 heavy (non-hydrogen) atoms. The van der Waals surface area contributed by atoms with E-state index >= 15 is 0 Å². The molecule has 0 aliphatic heterocycles. The summed E-state index contributed by atoms with van der Waals surface area (Å²) in [4.78, 5) is 2.10. The first-order valence-corrected chi connectivity index (χ1v) is 7.23. The van der Waals surface area contributed by atoms with Gasteiger partial charge in [-0.2, -0.15) is 0 Å². The fraction of sp³-hybridized carbons (Fsp3) is 0.294. The smallest absolute Gasteiger partial charge is 0.137 e. The molecule has 0 saturated carbocycles. The Kier molecular flexibility index (Phi) is 4.97. The molecule has 0 fully saturated rings. The van der Waals surface area contributed by atoms with Crippen molar-refractivity contribution in [2.45, 2.75) is 13.5 Å². The van der Waals surface area contributed by atoms with E-state index in [4.69, 9.17) is 16.3 Å². The second-order valence-electron chi connectivity index (χ2n) is 5.22. The summed E-state index contributed by atoms with van der Waals surface area (Å²) < 4.78 is 5.16. The van der Waals surface area contributed by atoms with E-state index in [1.807, 2.05) is 32.3 Å². The number of nitrogens with one attached hydrogen (secondary N) is 1. The van der Waals surface area contributed by atoms with E-state index in [1.54, 1.807) is 7.11 Å². The molecule has 0 amide bonds. The Bertz CT molecular complexity index is 626. The molecule has 0 unspecified atom stereocenters. The maximum atomic E-state index is 6.14. The number of aryl methyl sites for hydroxylation is 1. The first-order chi connectivity index (χ1) is 10.0. The summed E-state index contributed by atoms with van der Waals surface area (Å²) in [5, 5.41) is 4.08. The van der Waals surface area contributed by atoms with Crippen molar-refractivity contribution in [2.24, 2.45) is 0 Å². The molecule has 112 valence electrons. The lowest BCUT2D eigenvalue weighted by molar-refractivity contribution is 0.415. The first kappa shape index (κ1) is 15.5. The molecule has 0 atom stereocenters. The number of halogens is 1. The highest BCUT2D eigenvalue weighted by Crippen LogP contribution is 2.26. The van der Waals surface area contributed by atoms with Gasteiger partial charge < -0.3 is 15.0 Å². The first-order valence-electron chi connectivity index (χ1n) is 6.85. The van der Waals surface area contributed by atoms with Crippen LogP contribution in [0.5, 0.6) is 5.75 Å². The highest BCUT2D eigenvalue weighted by atomic mass is 35.5. The molecule has 0 heterocycles. The lowest BCUT2D eigenvalue weighted by Gasteiger charge is -2.16. The Balaban J connectivity index is 2.08. The van der Waals surface area contributed by atoms with Crippen molar-refractivity contribution in [3.63, 3.8) is 0 Å². The molecule has 2 rings (SSSR count). The highest BCUT2D eigenvalue weighted by Gasteiger charge is 2.04. The zero-order chi connectivity index (χ0) is 15.4. The Labute approximate surface area is 131 Å². The fourth-order valence-electron chi connectivity index (χ4n) is 2.14. The summed E-state index contributed by atoms with van der Waals surface area (Å²) in [6, 6.07) is 12.2. The topological polar surface area (TPSA) is 24.5 Å². The highest BCUT2D eigenvalue weighted by molar-refractivity contribution is 6.32. The molecule has 0 aliphatic carbocycles. The van der Waals surface area contributed by atoms with E-state index in [-0.39, 0.29) is 0 Å². The molecule has 0 spiro atoms. The zero-order valence-corrected chi connectivity index (χ0v) is 13.7. The summed E-state index contributed by atoms with van der Waals surface area (Å²) >= 11 is 6.14. The maximum absolute atomic E-state index is 6.14. The van der Waals surface area contributed by atoms with Crippen LogP contribution in [-0.2, 0) is 6.54 Å². The monoisotopic (exact) mass is 304 g/mol. The minimum atomic E-state index is 0.636. The van der Waals surface area contributed by atoms with Crippen molar-refractivity contribution in [3.8, 4) is 5.75 Å². The third-order valence-electron chi connectivity index (χ3n) is 3.43. The average molecular weight is 305 g/mol. The quantitative estimate of drug-likeness (QED) is 0.889. The van der Waals surface area contributed by atoms with Crippen LogP contribution in [0.25, 0.3) is 0 Å². The van der Waals surface area contributed by atoms with Gasteiger partial charge in [0.25, 0.3) is 0 Å². The van der Waals surface area contributed by atoms with E-state index < -0.39 is 0 Å². The van der Waals surface area contributed by atoms with Crippen LogP contribution in [0.4, 0.5) is 11.4 Å². The predicted octanol–water partition coefficient (Wildman–Crippen LogP) is 4.34. The summed E-state index contributed by atoms with van der Waals surface area (Å²) in [6.07, 6.45) is 0. The van der Waals surface area contributed by atoms with Gasteiger partial charge in [0.1, 0.15) is 5.75 Å². The summed E-state index contributed by atoms with van der Waals surface area (Å²) in [5.41, 5.74) is 4.68. The number of anilines is 2. The predicted molar refractivity (Wildman–Crippen MR) is 90.8 cm³/mol. The van der Waals surface area contributed by atoms with Gasteiger partial charge in [0, 0.05) is 32.0 Å². The second kappa shape index (κ2) is 6.72. The van der Waals surface area contributed by atoms with Crippen molar-refractivity contribution in [1.29, 1.82) is 0 Å². The van der Waals surface area contributed by atoms with Crippen molar-refractivity contribution in [2.75, 3.05) is 31.4 Å². The number of nitrogens with zero attached hydrogens (tertiary/aromatic N) is 1. The molecule has 0 bridgehead atoms. The van der Waals surface area contributed by atoms with Crippen LogP contribution in [-0.4, -0.2) is 21.2 Å². The SMILES string of the molecule is COc1ccc(CNc2ccc(N(C)C)cc2C)cc1Cl. The Hall–Kier alpha value is -1.87. The molecule has 0 aliphatic rings. The van der Waals surface area contributed by atoms with Gasteiger partial charge in [-0.05, 0) is 48.4 Å². The van der Waals surface area contributed by atoms with Crippen molar-refractivity contribution >= 4 is 23.0 Å². The fourth-order valence-corrected chi connectivity index (χ4v) is 2.42. The van der Waals surface area contributed by atoms with Crippen LogP contribution in [0, 0.1) is 6.92 Å². The van der Waals surface area contributed by atoms with Gasteiger partial charge in [-0.25, -0.2) is 0 Å². The third-order valence-corrected chi connectivity index (χ3v) is 3.72. The van der Waals surface area contributed by atoms with Gasteiger partial charge in [0.15, 0.2) is 0 Å². The molecular weight excluding hydrogens is 284 g/mol. The van der Waals surface area contributed by atoms with Gasteiger partial charge in [0.2, 0.25) is 0 Å². The average Bonchev–Trinajstić information content (AvgIpc) is 2.46. The van der Waals surface area contributed by atoms with Gasteiger partial charge in [-0.1, -0.05) is 17.7 Å². The van der Waals surface area contributed by atoms with Crippen LogP contribution in [0.15, 0.2) is 36.4 Å². The standard InChI is InChI=1S/C17H21ClN2O/c1-12-9-14(20(2)3)6-7-16(12)19-11-13-5-8-17(21-4)15(18)10-13/h5-10,19H,11H2,1-4H3. The Morgan fingerprint density at radius 1 is 1.14 bits per heavy atom. The lowest BCUT2D eigenvalue weighted by atomic mass is 10.1. The number of methoxy groups -OCH3 is 1. The minimum absolute atomic E-state index is 0.636. The molecule has 2 aromatic rings. The zero-order valence-electron chi connectivity index (χ0n) is 12.9. The van der Waals surface area contributed by atoms with E-state index in [2.05, 4.69) is 35.3 Å². The summed E-state index contributed by atoms with van der Waals surface area (Å²) in [6.45, 7) is 2.84. The van der Waals surface area contributed by atoms with Crippen molar-refractivity contribution < 1.29 is 4.74 Å². The normalized spacial score (nSPS) is 10.3. The number of hydrogen-bond donors (Lipinski definition) is 1. The molecule has 4 heteroatoms. The van der Waals surface area contributed by atoms with Gasteiger partial charge in [-0.3, -0.25) is 0 Å².